The number of hydrogen-bond donors (Lipinski definition) is 2. The van der Waals surface area contributed by atoms with Gasteiger partial charge < -0.3 is 15.6 Å². The van der Waals surface area contributed by atoms with E-state index >= 15 is 0 Å². The first kappa shape index (κ1) is 12.5. The predicted molar refractivity (Wildman–Crippen MR) is 57.5 cm³/mol. The molecular weight excluding hydrogens is 257 g/mol. The molecule has 0 unspecified atom stereocenters. The predicted octanol–water partition coefficient (Wildman–Crippen LogP) is 2.04. The monoisotopic (exact) mass is 267 g/mol. The van der Waals surface area contributed by atoms with E-state index in [9.17, 15) is 5.11 Å². The Morgan fingerprint density at radius 2 is 2.15 bits per heavy atom. The minimum atomic E-state index is 0. The highest BCUT2D eigenvalue weighted by molar-refractivity contribution is 9.10. The summed E-state index contributed by atoms with van der Waals surface area (Å²) in [6.45, 7) is 0.414. The number of ether oxygens (including phenoxy) is 1. The van der Waals surface area contributed by atoms with Gasteiger partial charge in [0, 0.05) is 11.0 Å². The van der Waals surface area contributed by atoms with Crippen LogP contribution in [0.5, 0.6) is 11.5 Å². The maximum absolute atomic E-state index is 9.32. The van der Waals surface area contributed by atoms with Crippen LogP contribution < -0.4 is 10.5 Å². The van der Waals surface area contributed by atoms with Crippen LogP contribution in [-0.4, -0.2) is 12.2 Å². The minimum absolute atomic E-state index is 0. The van der Waals surface area contributed by atoms with Crippen LogP contribution in [-0.2, 0) is 6.54 Å². The van der Waals surface area contributed by atoms with Crippen LogP contribution in [0.15, 0.2) is 16.6 Å². The first-order valence-corrected chi connectivity index (χ1v) is 4.23. The molecule has 0 spiro atoms. The molecule has 74 valence electrons. The average molecular weight is 269 g/mol. The smallest absolute Gasteiger partial charge is 0.160 e. The zero-order chi connectivity index (χ0) is 9.14. The Bertz CT molecular complexity index is 268. The lowest BCUT2D eigenvalue weighted by atomic mass is 10.2. The summed E-state index contributed by atoms with van der Waals surface area (Å²) in [4.78, 5) is 0. The summed E-state index contributed by atoms with van der Waals surface area (Å²) in [6.07, 6.45) is 0. The highest BCUT2D eigenvalue weighted by Crippen LogP contribution is 2.31. The second-order valence-corrected chi connectivity index (χ2v) is 3.17. The van der Waals surface area contributed by atoms with Gasteiger partial charge in [0.1, 0.15) is 0 Å². The molecule has 0 aliphatic rings. The maximum atomic E-state index is 9.32. The molecule has 0 aliphatic heterocycles. The van der Waals surface area contributed by atoms with E-state index in [1.165, 1.54) is 7.11 Å². The summed E-state index contributed by atoms with van der Waals surface area (Å²) >= 11 is 3.28. The van der Waals surface area contributed by atoms with Gasteiger partial charge in [0.25, 0.3) is 0 Å². The molecule has 0 fully saturated rings. The van der Waals surface area contributed by atoms with Crippen molar-refractivity contribution in [2.24, 2.45) is 5.73 Å². The SMILES string of the molecule is COc1cc(CN)c(Br)cc1O.Cl. The first-order chi connectivity index (χ1) is 5.69. The molecule has 3 N–H and O–H groups in total. The van der Waals surface area contributed by atoms with Crippen molar-refractivity contribution < 1.29 is 9.84 Å². The Morgan fingerprint density at radius 1 is 1.54 bits per heavy atom. The molecule has 0 amide bonds. The fourth-order valence-corrected chi connectivity index (χ4v) is 1.40. The molecule has 0 saturated carbocycles. The van der Waals surface area contributed by atoms with Crippen LogP contribution in [0, 0.1) is 0 Å². The van der Waals surface area contributed by atoms with Gasteiger partial charge >= 0.3 is 0 Å². The van der Waals surface area contributed by atoms with E-state index in [0.717, 1.165) is 10.0 Å². The molecule has 0 heterocycles. The zero-order valence-electron chi connectivity index (χ0n) is 7.08. The summed E-state index contributed by atoms with van der Waals surface area (Å²) in [5, 5.41) is 9.32. The van der Waals surface area contributed by atoms with Crippen molar-refractivity contribution in [3.8, 4) is 11.5 Å². The van der Waals surface area contributed by atoms with Gasteiger partial charge in [0.15, 0.2) is 11.5 Å². The standard InChI is InChI=1S/C8H10BrNO2.ClH/c1-12-8-2-5(4-10)6(9)3-7(8)11;/h2-3,11H,4,10H2,1H3;1H. The minimum Gasteiger partial charge on any atom is -0.504 e. The van der Waals surface area contributed by atoms with Gasteiger partial charge in [-0.25, -0.2) is 0 Å². The van der Waals surface area contributed by atoms with Crippen LogP contribution >= 0.6 is 28.3 Å². The molecule has 0 atom stereocenters. The number of nitrogens with two attached hydrogens (primary N) is 1. The van der Waals surface area contributed by atoms with Gasteiger partial charge in [-0.15, -0.1) is 12.4 Å². The Hall–Kier alpha value is -0.450. The quantitative estimate of drug-likeness (QED) is 0.863. The van der Waals surface area contributed by atoms with E-state index in [-0.39, 0.29) is 18.2 Å². The van der Waals surface area contributed by atoms with Crippen molar-refractivity contribution in [3.63, 3.8) is 0 Å². The average Bonchev–Trinajstić information content (AvgIpc) is 2.05. The third-order valence-corrected chi connectivity index (χ3v) is 2.31. The van der Waals surface area contributed by atoms with E-state index in [0.29, 0.717) is 12.3 Å². The molecule has 1 aromatic rings. The lowest BCUT2D eigenvalue weighted by Gasteiger charge is -2.07. The molecular formula is C8H11BrClNO2. The number of phenolic OH excluding ortho intramolecular Hbond substituents is 1. The second kappa shape index (κ2) is 5.32. The van der Waals surface area contributed by atoms with Crippen LogP contribution in [0.25, 0.3) is 0 Å². The molecule has 5 heteroatoms. The van der Waals surface area contributed by atoms with Crippen molar-refractivity contribution in [1.29, 1.82) is 0 Å². The summed E-state index contributed by atoms with van der Waals surface area (Å²) < 4.78 is 5.71. The molecule has 0 aliphatic carbocycles. The fourth-order valence-electron chi connectivity index (χ4n) is 0.905. The molecule has 1 rings (SSSR count). The molecule has 0 saturated heterocycles. The third kappa shape index (κ3) is 2.76. The Balaban J connectivity index is 0.00000144. The van der Waals surface area contributed by atoms with Crippen LogP contribution in [0.3, 0.4) is 0 Å². The molecule has 0 bridgehead atoms. The number of aromatic hydroxyl groups is 1. The first-order valence-electron chi connectivity index (χ1n) is 3.44. The third-order valence-electron chi connectivity index (χ3n) is 1.57. The Labute approximate surface area is 91.4 Å². The van der Waals surface area contributed by atoms with Gasteiger partial charge in [-0.3, -0.25) is 0 Å². The fraction of sp³-hybridized carbons (Fsp3) is 0.250. The highest BCUT2D eigenvalue weighted by Gasteiger charge is 2.05. The van der Waals surface area contributed by atoms with Gasteiger partial charge in [-0.05, 0) is 17.7 Å². The summed E-state index contributed by atoms with van der Waals surface area (Å²) in [5.74, 6) is 0.556. The van der Waals surface area contributed by atoms with E-state index < -0.39 is 0 Å². The number of hydrogen-bond acceptors (Lipinski definition) is 3. The zero-order valence-corrected chi connectivity index (χ0v) is 9.48. The Kier molecular flexibility index (Phi) is 5.13. The van der Waals surface area contributed by atoms with Crippen LogP contribution in [0.4, 0.5) is 0 Å². The summed E-state index contributed by atoms with van der Waals surface area (Å²) in [7, 11) is 1.50. The number of halogens is 2. The van der Waals surface area contributed by atoms with Crippen LogP contribution in [0.2, 0.25) is 0 Å². The lowest BCUT2D eigenvalue weighted by molar-refractivity contribution is 0.372. The van der Waals surface area contributed by atoms with Crippen molar-refractivity contribution in [3.05, 3.63) is 22.2 Å². The van der Waals surface area contributed by atoms with Gasteiger partial charge in [-0.2, -0.15) is 0 Å². The normalized spacial score (nSPS) is 9.15. The van der Waals surface area contributed by atoms with Crippen molar-refractivity contribution in [1.82, 2.24) is 0 Å². The molecule has 0 radical (unpaired) electrons. The molecule has 1 aromatic carbocycles. The highest BCUT2D eigenvalue weighted by atomic mass is 79.9. The van der Waals surface area contributed by atoms with E-state index in [1.54, 1.807) is 12.1 Å². The van der Waals surface area contributed by atoms with E-state index in [1.807, 2.05) is 0 Å². The Morgan fingerprint density at radius 3 is 2.62 bits per heavy atom. The second-order valence-electron chi connectivity index (χ2n) is 2.32. The number of benzene rings is 1. The van der Waals surface area contributed by atoms with Gasteiger partial charge in [-0.1, -0.05) is 15.9 Å². The van der Waals surface area contributed by atoms with Crippen molar-refractivity contribution in [2.45, 2.75) is 6.54 Å². The molecule has 13 heavy (non-hydrogen) atoms. The molecule has 0 aromatic heterocycles. The van der Waals surface area contributed by atoms with E-state index in [2.05, 4.69) is 15.9 Å². The van der Waals surface area contributed by atoms with Gasteiger partial charge in [0.05, 0.1) is 7.11 Å². The molecule has 3 nitrogen and oxygen atoms in total. The van der Waals surface area contributed by atoms with E-state index in [4.69, 9.17) is 10.5 Å². The maximum Gasteiger partial charge on any atom is 0.160 e. The van der Waals surface area contributed by atoms with Crippen molar-refractivity contribution >= 4 is 28.3 Å². The van der Waals surface area contributed by atoms with Crippen LogP contribution in [0.1, 0.15) is 5.56 Å². The number of phenols is 1. The number of rotatable bonds is 2. The largest absolute Gasteiger partial charge is 0.504 e. The number of methoxy groups -OCH3 is 1. The van der Waals surface area contributed by atoms with Gasteiger partial charge in [0.2, 0.25) is 0 Å². The summed E-state index contributed by atoms with van der Waals surface area (Å²) in [6, 6.07) is 3.28. The lowest BCUT2D eigenvalue weighted by Crippen LogP contribution is -1.98. The van der Waals surface area contributed by atoms with Crippen molar-refractivity contribution in [2.75, 3.05) is 7.11 Å². The topological polar surface area (TPSA) is 55.5 Å². The summed E-state index contributed by atoms with van der Waals surface area (Å²) in [5.41, 5.74) is 6.36.